The van der Waals surface area contributed by atoms with Crippen LogP contribution in [0.15, 0.2) is 47.6 Å². The molecule has 0 unspecified atom stereocenters. The molecular formula is C22H23N3O3S. The molecule has 150 valence electrons. The number of aromatic nitrogens is 1. The van der Waals surface area contributed by atoms with E-state index in [0.29, 0.717) is 17.5 Å². The Labute approximate surface area is 174 Å². The Morgan fingerprint density at radius 1 is 0.931 bits per heavy atom. The minimum Gasteiger partial charge on any atom is -0.339 e. The van der Waals surface area contributed by atoms with E-state index < -0.39 is 0 Å². The summed E-state index contributed by atoms with van der Waals surface area (Å²) in [6, 6.07) is 10.8. The highest BCUT2D eigenvalue weighted by atomic mass is 32.2. The number of benzene rings is 1. The summed E-state index contributed by atoms with van der Waals surface area (Å²) in [6.45, 7) is 2.37. The zero-order valence-electron chi connectivity index (χ0n) is 16.2. The van der Waals surface area contributed by atoms with Gasteiger partial charge in [-0.05, 0) is 55.7 Å². The Balaban J connectivity index is 1.32. The molecule has 2 aliphatic heterocycles. The van der Waals surface area contributed by atoms with Crippen LogP contribution in [-0.4, -0.2) is 52.9 Å². The molecule has 6 nitrogen and oxygen atoms in total. The summed E-state index contributed by atoms with van der Waals surface area (Å²) in [5, 5.41) is 0.718. The number of ketones is 1. The Morgan fingerprint density at radius 3 is 2.28 bits per heavy atom. The topological polar surface area (TPSA) is 70.6 Å². The second-order valence-corrected chi connectivity index (χ2v) is 8.29. The maximum absolute atomic E-state index is 12.5. The fraction of sp³-hybridized carbons (Fsp3) is 0.364. The zero-order valence-corrected chi connectivity index (χ0v) is 17.0. The molecule has 0 aliphatic carbocycles. The van der Waals surface area contributed by atoms with E-state index in [4.69, 9.17) is 0 Å². The summed E-state index contributed by atoms with van der Waals surface area (Å²) in [7, 11) is 0. The third-order valence-electron chi connectivity index (χ3n) is 5.30. The fourth-order valence-corrected chi connectivity index (χ4v) is 4.40. The molecule has 0 spiro atoms. The lowest BCUT2D eigenvalue weighted by molar-refractivity contribution is -0.117. The van der Waals surface area contributed by atoms with Gasteiger partial charge in [0.25, 0.3) is 5.91 Å². The van der Waals surface area contributed by atoms with E-state index in [9.17, 15) is 14.4 Å². The van der Waals surface area contributed by atoms with Crippen molar-refractivity contribution in [3.8, 4) is 0 Å². The van der Waals surface area contributed by atoms with Gasteiger partial charge in [0.2, 0.25) is 5.91 Å². The molecule has 2 saturated heterocycles. The van der Waals surface area contributed by atoms with Gasteiger partial charge in [0, 0.05) is 43.5 Å². The van der Waals surface area contributed by atoms with Crippen LogP contribution in [-0.2, 0) is 4.79 Å². The maximum Gasteiger partial charge on any atom is 0.255 e. The number of nitrogens with zero attached hydrogens (tertiary/aromatic N) is 3. The van der Waals surface area contributed by atoms with Crippen molar-refractivity contribution in [1.29, 1.82) is 0 Å². The molecule has 0 atom stereocenters. The number of rotatable bonds is 6. The zero-order chi connectivity index (χ0) is 20.2. The van der Waals surface area contributed by atoms with Crippen LogP contribution in [0.2, 0.25) is 0 Å². The molecule has 2 aliphatic rings. The molecule has 7 heteroatoms. The van der Waals surface area contributed by atoms with Gasteiger partial charge in [-0.15, -0.1) is 0 Å². The highest BCUT2D eigenvalue weighted by Gasteiger charge is 2.22. The van der Waals surface area contributed by atoms with Crippen molar-refractivity contribution in [2.24, 2.45) is 0 Å². The first kappa shape index (κ1) is 19.6. The summed E-state index contributed by atoms with van der Waals surface area (Å²) in [4.78, 5) is 44.6. The van der Waals surface area contributed by atoms with E-state index in [-0.39, 0.29) is 23.4 Å². The van der Waals surface area contributed by atoms with Gasteiger partial charge in [0.1, 0.15) is 0 Å². The number of thioether (sulfide) groups is 1. The van der Waals surface area contributed by atoms with Gasteiger partial charge in [-0.2, -0.15) is 0 Å². The predicted octanol–water partition coefficient (Wildman–Crippen LogP) is 3.42. The van der Waals surface area contributed by atoms with Crippen molar-refractivity contribution in [2.75, 3.05) is 30.3 Å². The highest BCUT2D eigenvalue weighted by Crippen LogP contribution is 2.23. The molecule has 0 saturated carbocycles. The average molecular weight is 410 g/mol. The Morgan fingerprint density at radius 2 is 1.66 bits per heavy atom. The number of carbonyl (C=O) groups excluding carboxylic acids is 3. The van der Waals surface area contributed by atoms with Crippen LogP contribution >= 0.6 is 11.8 Å². The van der Waals surface area contributed by atoms with Crippen molar-refractivity contribution in [2.45, 2.75) is 30.7 Å². The smallest absolute Gasteiger partial charge is 0.255 e. The molecule has 0 bridgehead atoms. The first-order valence-electron chi connectivity index (χ1n) is 9.93. The van der Waals surface area contributed by atoms with Gasteiger partial charge in [0.05, 0.1) is 16.3 Å². The Hall–Kier alpha value is -2.67. The predicted molar refractivity (Wildman–Crippen MR) is 112 cm³/mol. The first-order chi connectivity index (χ1) is 14.1. The number of hydrogen-bond acceptors (Lipinski definition) is 5. The van der Waals surface area contributed by atoms with E-state index in [1.165, 1.54) is 11.8 Å². The lowest BCUT2D eigenvalue weighted by atomic mass is 10.1. The van der Waals surface area contributed by atoms with E-state index in [0.717, 1.165) is 49.6 Å². The normalized spacial score (nSPS) is 16.5. The van der Waals surface area contributed by atoms with Gasteiger partial charge >= 0.3 is 0 Å². The second kappa shape index (κ2) is 8.78. The number of hydrogen-bond donors (Lipinski definition) is 0. The van der Waals surface area contributed by atoms with Gasteiger partial charge in [0.15, 0.2) is 5.78 Å². The summed E-state index contributed by atoms with van der Waals surface area (Å²) in [6.07, 6.45) is 5.18. The number of likely N-dealkylation sites (tertiary alicyclic amines) is 1. The third-order valence-corrected chi connectivity index (χ3v) is 6.25. The largest absolute Gasteiger partial charge is 0.339 e. The summed E-state index contributed by atoms with van der Waals surface area (Å²) in [5.74, 6) is 0.443. The average Bonchev–Trinajstić information content (AvgIpc) is 3.44. The lowest BCUT2D eigenvalue weighted by Gasteiger charge is -2.15. The maximum atomic E-state index is 12.5. The number of anilines is 1. The molecule has 1 aromatic heterocycles. The molecule has 2 aromatic rings. The van der Waals surface area contributed by atoms with E-state index in [1.807, 2.05) is 17.0 Å². The minimum absolute atomic E-state index is 0.00770. The standard InChI is InChI=1S/C22H23N3O3S/c26-19(16-5-8-18(9-6-16)25-13-3-4-21(25)27)15-29-20-10-7-17(14-23-20)22(28)24-11-1-2-12-24/h5-10,14H,1-4,11-13,15H2. The second-order valence-electron chi connectivity index (χ2n) is 7.29. The highest BCUT2D eigenvalue weighted by molar-refractivity contribution is 7.99. The molecule has 2 amide bonds. The fourth-order valence-electron chi connectivity index (χ4n) is 3.67. The van der Waals surface area contributed by atoms with Crippen LogP contribution in [0.25, 0.3) is 0 Å². The van der Waals surface area contributed by atoms with Crippen molar-refractivity contribution in [3.63, 3.8) is 0 Å². The van der Waals surface area contributed by atoms with E-state index in [2.05, 4.69) is 4.98 Å². The van der Waals surface area contributed by atoms with Gasteiger partial charge in [-0.3, -0.25) is 14.4 Å². The molecule has 3 heterocycles. The van der Waals surface area contributed by atoms with E-state index >= 15 is 0 Å². The molecule has 4 rings (SSSR count). The van der Waals surface area contributed by atoms with Crippen molar-refractivity contribution < 1.29 is 14.4 Å². The van der Waals surface area contributed by atoms with Crippen LogP contribution < -0.4 is 4.90 Å². The van der Waals surface area contributed by atoms with Crippen LogP contribution in [0.4, 0.5) is 5.69 Å². The molecular weight excluding hydrogens is 386 g/mol. The number of Topliss-reactive ketones (excluding diaryl/α,β-unsaturated/α-hetero) is 1. The van der Waals surface area contributed by atoms with E-state index in [1.54, 1.807) is 35.4 Å². The quantitative estimate of drug-likeness (QED) is 0.540. The monoisotopic (exact) mass is 409 g/mol. The Bertz CT molecular complexity index is 906. The van der Waals surface area contributed by atoms with Crippen LogP contribution in [0.5, 0.6) is 0 Å². The minimum atomic E-state index is 0.00770. The number of carbonyl (C=O) groups is 3. The number of pyridine rings is 1. The van der Waals surface area contributed by atoms with Gasteiger partial charge < -0.3 is 9.80 Å². The molecule has 29 heavy (non-hydrogen) atoms. The summed E-state index contributed by atoms with van der Waals surface area (Å²) in [5.41, 5.74) is 2.06. The van der Waals surface area contributed by atoms with Crippen molar-refractivity contribution in [1.82, 2.24) is 9.88 Å². The van der Waals surface area contributed by atoms with Crippen LogP contribution in [0, 0.1) is 0 Å². The third kappa shape index (κ3) is 4.50. The first-order valence-corrected chi connectivity index (χ1v) is 10.9. The SMILES string of the molecule is O=C(CSc1ccc(C(=O)N2CCCC2)cn1)c1ccc(N2CCCC2=O)cc1. The van der Waals surface area contributed by atoms with Gasteiger partial charge in [-0.1, -0.05) is 11.8 Å². The summed E-state index contributed by atoms with van der Waals surface area (Å²) < 4.78 is 0. The van der Waals surface area contributed by atoms with Crippen molar-refractivity contribution in [3.05, 3.63) is 53.7 Å². The van der Waals surface area contributed by atoms with Crippen LogP contribution in [0.3, 0.4) is 0 Å². The molecule has 0 N–H and O–H groups in total. The van der Waals surface area contributed by atoms with Gasteiger partial charge in [-0.25, -0.2) is 4.98 Å². The molecule has 0 radical (unpaired) electrons. The molecule has 2 fully saturated rings. The van der Waals surface area contributed by atoms with Crippen LogP contribution in [0.1, 0.15) is 46.4 Å². The molecule has 1 aromatic carbocycles. The number of amides is 2. The van der Waals surface area contributed by atoms with Crippen molar-refractivity contribution >= 4 is 35.0 Å². The summed E-state index contributed by atoms with van der Waals surface area (Å²) >= 11 is 1.36. The lowest BCUT2D eigenvalue weighted by Crippen LogP contribution is -2.27. The Kier molecular flexibility index (Phi) is 5.94.